The van der Waals surface area contributed by atoms with Crippen LogP contribution in [0.1, 0.15) is 22.8 Å². The maximum atomic E-state index is 11.5. The van der Waals surface area contributed by atoms with Crippen LogP contribution in [0.25, 0.3) is 0 Å². The molecule has 0 spiro atoms. The van der Waals surface area contributed by atoms with Crippen molar-refractivity contribution in [3.05, 3.63) is 29.3 Å². The predicted molar refractivity (Wildman–Crippen MR) is 60.0 cm³/mol. The van der Waals surface area contributed by atoms with Gasteiger partial charge in [0.15, 0.2) is 0 Å². The van der Waals surface area contributed by atoms with E-state index >= 15 is 0 Å². The zero-order valence-electron chi connectivity index (χ0n) is 9.23. The van der Waals surface area contributed by atoms with Crippen molar-refractivity contribution < 1.29 is 19.5 Å². The van der Waals surface area contributed by atoms with Crippen molar-refractivity contribution in [1.29, 1.82) is 0 Å². The zero-order valence-corrected chi connectivity index (χ0v) is 9.23. The first kappa shape index (κ1) is 12.5. The second-order valence-corrected chi connectivity index (χ2v) is 3.28. The van der Waals surface area contributed by atoms with Gasteiger partial charge in [0.05, 0.1) is 0 Å². The van der Waals surface area contributed by atoms with Gasteiger partial charge in [-0.2, -0.15) is 0 Å². The summed E-state index contributed by atoms with van der Waals surface area (Å²) in [6.07, 6.45) is 0. The predicted octanol–water partition coefficient (Wildman–Crippen LogP) is 0.0930. The van der Waals surface area contributed by atoms with Crippen LogP contribution in [0.15, 0.2) is 18.2 Å². The largest absolute Gasteiger partial charge is 0.707 e. The summed E-state index contributed by atoms with van der Waals surface area (Å²) in [4.78, 5) is 11.5. The summed E-state index contributed by atoms with van der Waals surface area (Å²) in [5.74, 6) is 0.150. The molecule has 5 nitrogen and oxygen atoms in total. The fraction of sp³-hybridized carbons (Fsp3) is 0.300. The average molecular weight is 223 g/mol. The second kappa shape index (κ2) is 5.53. The quantitative estimate of drug-likeness (QED) is 0.632. The van der Waals surface area contributed by atoms with E-state index in [2.05, 4.69) is 9.97 Å². The molecule has 0 heterocycles. The van der Waals surface area contributed by atoms with Crippen molar-refractivity contribution in [2.24, 2.45) is 0 Å². The fourth-order valence-electron chi connectivity index (χ4n) is 1.34. The van der Waals surface area contributed by atoms with Gasteiger partial charge >= 0.3 is 7.32 Å². The third-order valence-corrected chi connectivity index (χ3v) is 2.02. The van der Waals surface area contributed by atoms with E-state index in [0.29, 0.717) is 23.4 Å². The summed E-state index contributed by atoms with van der Waals surface area (Å²) in [6.45, 7) is 4.15. The molecule has 0 fully saturated rings. The second-order valence-electron chi connectivity index (χ2n) is 3.28. The van der Waals surface area contributed by atoms with Gasteiger partial charge in [0.25, 0.3) is 5.91 Å². The first-order valence-corrected chi connectivity index (χ1v) is 4.96. The molecule has 0 atom stereocenters. The molecule has 3 N–H and O–H groups in total. The summed E-state index contributed by atoms with van der Waals surface area (Å²) in [5.41, 5.74) is 1.26. The third-order valence-electron chi connectivity index (χ3n) is 2.02. The molecule has 1 amide bonds. The Morgan fingerprint density at radius 2 is 2.19 bits per heavy atom. The molecule has 1 rings (SSSR count). The molecule has 1 aromatic rings. The van der Waals surface area contributed by atoms with E-state index in [4.69, 9.17) is 10.0 Å². The number of hydrogen-bond acceptors (Lipinski definition) is 4. The highest BCUT2D eigenvalue weighted by Gasteiger charge is 2.13. The van der Waals surface area contributed by atoms with Crippen LogP contribution in [0.5, 0.6) is 5.75 Å². The molecule has 0 saturated carbocycles. The summed E-state index contributed by atoms with van der Waals surface area (Å²) in [6, 6.07) is 4.67. The van der Waals surface area contributed by atoms with Gasteiger partial charge in [-0.1, -0.05) is 0 Å². The van der Waals surface area contributed by atoms with Crippen LogP contribution in [-0.4, -0.2) is 29.8 Å². The van der Waals surface area contributed by atoms with Gasteiger partial charge in [-0.15, -0.1) is 0 Å². The number of nitrogens with one attached hydrogen (secondary N) is 1. The minimum Gasteiger partial charge on any atom is -0.512 e. The highest BCUT2D eigenvalue weighted by molar-refractivity contribution is 6.33. The van der Waals surface area contributed by atoms with E-state index < -0.39 is 7.32 Å². The highest BCUT2D eigenvalue weighted by Crippen LogP contribution is 2.17. The highest BCUT2D eigenvalue weighted by atomic mass is 16.6. The Morgan fingerprint density at radius 1 is 1.50 bits per heavy atom. The van der Waals surface area contributed by atoms with Crippen LogP contribution in [0.2, 0.25) is 0 Å². The smallest absolute Gasteiger partial charge is 0.512 e. The van der Waals surface area contributed by atoms with Gasteiger partial charge in [-0.25, -0.2) is 0 Å². The molecule has 0 unspecified atom stereocenters. The maximum Gasteiger partial charge on any atom is 0.707 e. The SMILES string of the molecule is CCNC(=O)c1ccc(OB(O)O)cc1C. The summed E-state index contributed by atoms with van der Waals surface area (Å²) >= 11 is 0. The third kappa shape index (κ3) is 3.25. The molecule has 16 heavy (non-hydrogen) atoms. The number of hydrogen-bond donors (Lipinski definition) is 3. The summed E-state index contributed by atoms with van der Waals surface area (Å²) in [5, 5.41) is 19.9. The number of carbonyl (C=O) groups excluding carboxylic acids is 1. The lowest BCUT2D eigenvalue weighted by Gasteiger charge is -2.09. The van der Waals surface area contributed by atoms with Crippen LogP contribution in [-0.2, 0) is 0 Å². The minimum atomic E-state index is -1.85. The Morgan fingerprint density at radius 3 is 2.69 bits per heavy atom. The fourth-order valence-corrected chi connectivity index (χ4v) is 1.34. The normalized spacial score (nSPS) is 9.75. The van der Waals surface area contributed by atoms with E-state index in [1.54, 1.807) is 19.1 Å². The Bertz CT molecular complexity index is 381. The standard InChI is InChI=1S/C10H14BNO4/c1-3-12-10(13)9-5-4-8(6-7(9)2)16-11(14)15/h4-6,14-15H,3H2,1-2H3,(H,12,13). The molecule has 0 aliphatic heterocycles. The summed E-state index contributed by atoms with van der Waals surface area (Å²) < 4.78 is 4.67. The van der Waals surface area contributed by atoms with Crippen LogP contribution < -0.4 is 9.97 Å². The van der Waals surface area contributed by atoms with Gasteiger partial charge in [0.2, 0.25) is 0 Å². The van der Waals surface area contributed by atoms with Crippen molar-refractivity contribution in [1.82, 2.24) is 5.32 Å². The Balaban J connectivity index is 2.87. The van der Waals surface area contributed by atoms with Crippen molar-refractivity contribution in [2.45, 2.75) is 13.8 Å². The molecular formula is C10H14BNO4. The van der Waals surface area contributed by atoms with E-state index in [-0.39, 0.29) is 5.91 Å². The van der Waals surface area contributed by atoms with Crippen molar-refractivity contribution in [2.75, 3.05) is 6.54 Å². The Kier molecular flexibility index (Phi) is 4.33. The first-order valence-electron chi connectivity index (χ1n) is 4.96. The van der Waals surface area contributed by atoms with Gasteiger partial charge < -0.3 is 20.0 Å². The molecule has 6 heteroatoms. The van der Waals surface area contributed by atoms with Crippen molar-refractivity contribution >= 4 is 13.2 Å². The zero-order chi connectivity index (χ0) is 12.1. The van der Waals surface area contributed by atoms with Crippen molar-refractivity contribution in [3.63, 3.8) is 0 Å². The number of amides is 1. The van der Waals surface area contributed by atoms with Crippen LogP contribution >= 0.6 is 0 Å². The van der Waals surface area contributed by atoms with Crippen LogP contribution in [0.3, 0.4) is 0 Å². The molecule has 0 aliphatic carbocycles. The Labute approximate surface area is 94.2 Å². The maximum absolute atomic E-state index is 11.5. The topological polar surface area (TPSA) is 78.8 Å². The molecule has 0 bridgehead atoms. The lowest BCUT2D eigenvalue weighted by molar-refractivity contribution is 0.0955. The van der Waals surface area contributed by atoms with Gasteiger partial charge in [-0.05, 0) is 37.6 Å². The van der Waals surface area contributed by atoms with Crippen molar-refractivity contribution in [3.8, 4) is 5.75 Å². The molecule has 1 aromatic carbocycles. The Hall–Kier alpha value is -1.53. The van der Waals surface area contributed by atoms with Crippen LogP contribution in [0, 0.1) is 6.92 Å². The number of aryl methyl sites for hydroxylation is 1. The van der Waals surface area contributed by atoms with E-state index in [0.717, 1.165) is 0 Å². The van der Waals surface area contributed by atoms with E-state index in [1.807, 2.05) is 6.92 Å². The number of benzene rings is 1. The first-order chi connectivity index (χ1) is 7.54. The van der Waals surface area contributed by atoms with Gasteiger partial charge in [0.1, 0.15) is 5.75 Å². The molecule has 0 aromatic heterocycles. The summed E-state index contributed by atoms with van der Waals surface area (Å²) in [7, 11) is -1.85. The molecular weight excluding hydrogens is 209 g/mol. The van der Waals surface area contributed by atoms with E-state index in [9.17, 15) is 4.79 Å². The number of carbonyl (C=O) groups is 1. The minimum absolute atomic E-state index is 0.156. The monoisotopic (exact) mass is 223 g/mol. The van der Waals surface area contributed by atoms with Gasteiger partial charge in [-0.3, -0.25) is 4.79 Å². The molecule has 0 saturated heterocycles. The van der Waals surface area contributed by atoms with Crippen LogP contribution in [0.4, 0.5) is 0 Å². The molecule has 0 radical (unpaired) electrons. The van der Waals surface area contributed by atoms with E-state index in [1.165, 1.54) is 6.07 Å². The molecule has 0 aliphatic rings. The molecule has 86 valence electrons. The number of rotatable bonds is 4. The lowest BCUT2D eigenvalue weighted by Crippen LogP contribution is -2.24. The average Bonchev–Trinajstić information content (AvgIpc) is 2.16. The van der Waals surface area contributed by atoms with Gasteiger partial charge in [0, 0.05) is 12.1 Å². The lowest BCUT2D eigenvalue weighted by atomic mass is 10.1.